The van der Waals surface area contributed by atoms with Crippen LogP contribution in [0.3, 0.4) is 0 Å². The Labute approximate surface area is 105 Å². The summed E-state index contributed by atoms with van der Waals surface area (Å²) in [5.74, 6) is 0. The van der Waals surface area contributed by atoms with Crippen LogP contribution in [0.5, 0.6) is 0 Å². The molecule has 1 nitrogen and oxygen atoms in total. The standard InChI is InChI=1S/C9H5Cl3F3N/c1-4(10)16-8-6(11)2-5(3-7(8)12)9(13,14)15/h2-3H,1H3. The summed E-state index contributed by atoms with van der Waals surface area (Å²) in [6, 6.07) is 1.51. The molecule has 0 aliphatic carbocycles. The van der Waals surface area contributed by atoms with Crippen molar-refractivity contribution in [2.75, 3.05) is 0 Å². The normalized spacial score (nSPS) is 13.1. The minimum atomic E-state index is -4.49. The van der Waals surface area contributed by atoms with Crippen molar-refractivity contribution in [3.63, 3.8) is 0 Å². The van der Waals surface area contributed by atoms with Gasteiger partial charge in [-0.05, 0) is 19.1 Å². The number of rotatable bonds is 1. The van der Waals surface area contributed by atoms with Crippen LogP contribution in [0.25, 0.3) is 0 Å². The third-order valence-electron chi connectivity index (χ3n) is 1.61. The Kier molecular flexibility index (Phi) is 4.10. The first-order valence-corrected chi connectivity index (χ1v) is 5.12. The highest BCUT2D eigenvalue weighted by atomic mass is 35.5. The zero-order chi connectivity index (χ0) is 12.5. The van der Waals surface area contributed by atoms with Crippen molar-refractivity contribution in [1.82, 2.24) is 0 Å². The summed E-state index contributed by atoms with van der Waals surface area (Å²) in [4.78, 5) is 3.73. The van der Waals surface area contributed by atoms with E-state index >= 15 is 0 Å². The largest absolute Gasteiger partial charge is 0.416 e. The number of hydrogen-bond donors (Lipinski definition) is 0. The Morgan fingerprint density at radius 3 is 1.94 bits per heavy atom. The van der Waals surface area contributed by atoms with Crippen molar-refractivity contribution in [2.45, 2.75) is 13.1 Å². The maximum atomic E-state index is 12.4. The molecule has 0 saturated carbocycles. The molecule has 0 aliphatic heterocycles. The molecule has 0 fully saturated rings. The summed E-state index contributed by atoms with van der Waals surface area (Å²) in [5.41, 5.74) is -0.891. The van der Waals surface area contributed by atoms with Gasteiger partial charge < -0.3 is 0 Å². The van der Waals surface area contributed by atoms with Crippen molar-refractivity contribution in [3.05, 3.63) is 27.7 Å². The van der Waals surface area contributed by atoms with Gasteiger partial charge in [-0.15, -0.1) is 0 Å². The van der Waals surface area contributed by atoms with Gasteiger partial charge in [0.1, 0.15) is 10.9 Å². The number of aliphatic imine (C=N–C) groups is 1. The maximum absolute atomic E-state index is 12.4. The van der Waals surface area contributed by atoms with E-state index in [0.29, 0.717) is 0 Å². The number of nitrogens with zero attached hydrogens (tertiary/aromatic N) is 1. The second-order valence-electron chi connectivity index (χ2n) is 2.90. The topological polar surface area (TPSA) is 12.4 Å². The van der Waals surface area contributed by atoms with Crippen LogP contribution in [-0.2, 0) is 6.18 Å². The smallest absolute Gasteiger partial charge is 0.238 e. The predicted octanol–water partition coefficient (Wildman–Crippen LogP) is 5.30. The van der Waals surface area contributed by atoms with E-state index in [1.54, 1.807) is 0 Å². The molecule has 0 bridgehead atoms. The summed E-state index contributed by atoms with van der Waals surface area (Å²) >= 11 is 16.8. The van der Waals surface area contributed by atoms with Crippen LogP contribution in [0.2, 0.25) is 10.0 Å². The third-order valence-corrected chi connectivity index (χ3v) is 2.27. The van der Waals surface area contributed by atoms with E-state index in [2.05, 4.69) is 4.99 Å². The molecule has 1 aromatic carbocycles. The Morgan fingerprint density at radius 2 is 1.62 bits per heavy atom. The van der Waals surface area contributed by atoms with E-state index in [1.165, 1.54) is 6.92 Å². The molecule has 0 radical (unpaired) electrons. The van der Waals surface area contributed by atoms with Crippen molar-refractivity contribution in [1.29, 1.82) is 0 Å². The Morgan fingerprint density at radius 1 is 1.19 bits per heavy atom. The summed E-state index contributed by atoms with van der Waals surface area (Å²) in [6.45, 7) is 1.46. The average molecular weight is 290 g/mol. The lowest BCUT2D eigenvalue weighted by Crippen LogP contribution is -2.04. The highest BCUT2D eigenvalue weighted by molar-refractivity contribution is 6.65. The number of alkyl halides is 3. The molecular weight excluding hydrogens is 285 g/mol. The highest BCUT2D eigenvalue weighted by Crippen LogP contribution is 2.40. The predicted molar refractivity (Wildman–Crippen MR) is 60.1 cm³/mol. The van der Waals surface area contributed by atoms with Crippen molar-refractivity contribution < 1.29 is 13.2 Å². The SMILES string of the molecule is CC(Cl)=Nc1c(Cl)cc(C(F)(F)F)cc1Cl. The van der Waals surface area contributed by atoms with E-state index in [9.17, 15) is 13.2 Å². The highest BCUT2D eigenvalue weighted by Gasteiger charge is 2.31. The van der Waals surface area contributed by atoms with Gasteiger partial charge in [-0.2, -0.15) is 13.2 Å². The molecule has 16 heavy (non-hydrogen) atoms. The first-order valence-electron chi connectivity index (χ1n) is 3.99. The molecule has 0 spiro atoms. The lowest BCUT2D eigenvalue weighted by Gasteiger charge is -2.09. The van der Waals surface area contributed by atoms with Gasteiger partial charge in [-0.3, -0.25) is 0 Å². The molecule has 0 N–H and O–H groups in total. The van der Waals surface area contributed by atoms with Crippen molar-refractivity contribution in [3.8, 4) is 0 Å². The van der Waals surface area contributed by atoms with E-state index in [-0.39, 0.29) is 20.9 Å². The second-order valence-corrected chi connectivity index (χ2v) is 4.26. The molecular formula is C9H5Cl3F3N. The fourth-order valence-corrected chi connectivity index (χ4v) is 1.65. The van der Waals surface area contributed by atoms with Gasteiger partial charge in [0.2, 0.25) is 0 Å². The summed E-state index contributed by atoms with van der Waals surface area (Å²) in [5, 5.41) is -0.261. The Hall–Kier alpha value is -0.450. The molecule has 88 valence electrons. The van der Waals surface area contributed by atoms with Gasteiger partial charge in [0.25, 0.3) is 0 Å². The summed E-state index contributed by atoms with van der Waals surface area (Å²) < 4.78 is 37.1. The zero-order valence-electron chi connectivity index (χ0n) is 7.87. The number of halogens is 6. The second kappa shape index (κ2) is 4.82. The Bertz CT molecular complexity index is 413. The molecule has 0 atom stereocenters. The monoisotopic (exact) mass is 289 g/mol. The maximum Gasteiger partial charge on any atom is 0.416 e. The summed E-state index contributed by atoms with van der Waals surface area (Å²) in [7, 11) is 0. The minimum absolute atomic E-state index is 0.0313. The van der Waals surface area contributed by atoms with Crippen LogP contribution >= 0.6 is 34.8 Å². The van der Waals surface area contributed by atoms with Gasteiger partial charge in [-0.1, -0.05) is 34.8 Å². The number of hydrogen-bond acceptors (Lipinski definition) is 1. The number of benzene rings is 1. The first-order chi connectivity index (χ1) is 7.21. The van der Waals surface area contributed by atoms with Gasteiger partial charge >= 0.3 is 6.18 Å². The van der Waals surface area contributed by atoms with E-state index in [4.69, 9.17) is 34.8 Å². The lowest BCUT2D eigenvalue weighted by molar-refractivity contribution is -0.137. The van der Waals surface area contributed by atoms with Gasteiger partial charge in [0.15, 0.2) is 0 Å². The van der Waals surface area contributed by atoms with Crippen LogP contribution in [-0.4, -0.2) is 5.17 Å². The fraction of sp³-hybridized carbons (Fsp3) is 0.222. The van der Waals surface area contributed by atoms with Crippen LogP contribution in [0, 0.1) is 0 Å². The zero-order valence-corrected chi connectivity index (χ0v) is 10.1. The quantitative estimate of drug-likeness (QED) is 0.622. The molecule has 0 saturated heterocycles. The van der Waals surface area contributed by atoms with Gasteiger partial charge in [-0.25, -0.2) is 4.99 Å². The molecule has 0 aliphatic rings. The molecule has 1 rings (SSSR count). The minimum Gasteiger partial charge on any atom is -0.238 e. The van der Waals surface area contributed by atoms with Gasteiger partial charge in [0.05, 0.1) is 15.6 Å². The van der Waals surface area contributed by atoms with E-state index in [0.717, 1.165) is 12.1 Å². The molecule has 0 heterocycles. The van der Waals surface area contributed by atoms with Crippen molar-refractivity contribution in [2.24, 2.45) is 4.99 Å². The Balaban J connectivity index is 3.34. The first kappa shape index (κ1) is 13.6. The fourth-order valence-electron chi connectivity index (χ4n) is 0.990. The molecule has 0 aromatic heterocycles. The summed E-state index contributed by atoms with van der Waals surface area (Å²) in [6.07, 6.45) is -4.49. The molecule has 1 aromatic rings. The molecule has 0 amide bonds. The van der Waals surface area contributed by atoms with Gasteiger partial charge in [0, 0.05) is 0 Å². The van der Waals surface area contributed by atoms with Crippen LogP contribution in [0.4, 0.5) is 18.9 Å². The average Bonchev–Trinajstić information content (AvgIpc) is 2.09. The van der Waals surface area contributed by atoms with Crippen LogP contribution in [0.15, 0.2) is 17.1 Å². The van der Waals surface area contributed by atoms with E-state index in [1.807, 2.05) is 0 Å². The molecule has 0 unspecified atom stereocenters. The lowest BCUT2D eigenvalue weighted by atomic mass is 10.2. The van der Waals surface area contributed by atoms with E-state index < -0.39 is 11.7 Å². The van der Waals surface area contributed by atoms with Crippen molar-refractivity contribution >= 4 is 45.7 Å². The van der Waals surface area contributed by atoms with Crippen LogP contribution in [0.1, 0.15) is 12.5 Å². The molecule has 7 heteroatoms. The van der Waals surface area contributed by atoms with Crippen LogP contribution < -0.4 is 0 Å². The third kappa shape index (κ3) is 3.27.